The molecule has 1 aliphatic rings. The highest BCUT2D eigenvalue weighted by Gasteiger charge is 2.32. The lowest BCUT2D eigenvalue weighted by atomic mass is 9.86. The van der Waals surface area contributed by atoms with Crippen LogP contribution in [0, 0.1) is 11.3 Å². The van der Waals surface area contributed by atoms with Crippen molar-refractivity contribution in [3.63, 3.8) is 0 Å². The Labute approximate surface area is 280 Å². The average molecular weight is 664 g/mol. The molecule has 3 amide bonds. The number of carbonyl (C=O) groups is 3. The van der Waals surface area contributed by atoms with Gasteiger partial charge in [0.15, 0.2) is 0 Å². The molecule has 0 unspecified atom stereocenters. The lowest BCUT2D eigenvalue weighted by Crippen LogP contribution is -2.52. The normalized spacial score (nSPS) is 20.3. The smallest absolute Gasteiger partial charge is 0.407 e. The van der Waals surface area contributed by atoms with Crippen LogP contribution in [-0.2, 0) is 23.8 Å². The van der Waals surface area contributed by atoms with Gasteiger partial charge in [-0.15, -0.1) is 0 Å². The van der Waals surface area contributed by atoms with Crippen LogP contribution in [0.5, 0.6) is 0 Å². The van der Waals surface area contributed by atoms with Crippen LogP contribution >= 0.6 is 11.6 Å². The first-order valence-corrected chi connectivity index (χ1v) is 16.1. The van der Waals surface area contributed by atoms with Gasteiger partial charge in [-0.2, -0.15) is 0 Å². The molecule has 0 radical (unpaired) electrons. The van der Waals surface area contributed by atoms with Crippen LogP contribution in [0.2, 0.25) is 0 Å². The molecule has 0 spiro atoms. The third-order valence-corrected chi connectivity index (χ3v) is 7.06. The van der Waals surface area contributed by atoms with Gasteiger partial charge in [-0.25, -0.2) is 4.79 Å². The summed E-state index contributed by atoms with van der Waals surface area (Å²) in [5.74, 6) is -0.311. The zero-order valence-corrected chi connectivity index (χ0v) is 29.5. The fraction of sp³-hybridized carbons (Fsp3) is 0.571. The molecule has 0 bridgehead atoms. The maximum atomic E-state index is 13.0. The van der Waals surface area contributed by atoms with Gasteiger partial charge >= 0.3 is 6.09 Å². The summed E-state index contributed by atoms with van der Waals surface area (Å²) in [6.07, 6.45) is 15.5. The number of amides is 3. The van der Waals surface area contributed by atoms with E-state index in [2.05, 4.69) is 22.0 Å². The molecular weight excluding hydrogens is 610 g/mol. The zero-order valence-electron chi connectivity index (χ0n) is 28.8. The minimum atomic E-state index is -1.08. The van der Waals surface area contributed by atoms with Crippen molar-refractivity contribution < 1.29 is 33.7 Å². The van der Waals surface area contributed by atoms with Crippen LogP contribution < -0.4 is 16.0 Å². The predicted octanol–water partition coefficient (Wildman–Crippen LogP) is 6.30. The summed E-state index contributed by atoms with van der Waals surface area (Å²) in [6, 6.07) is -0.875. The second kappa shape index (κ2) is 20.7. The first-order chi connectivity index (χ1) is 21.5. The van der Waals surface area contributed by atoms with Crippen molar-refractivity contribution in [2.24, 2.45) is 11.3 Å². The minimum Gasteiger partial charge on any atom is -0.496 e. The molecule has 0 saturated heterocycles. The highest BCUT2D eigenvalue weighted by atomic mass is 35.5. The number of nitrogens with one attached hydrogen (secondary N) is 3. The molecule has 258 valence electrons. The number of aliphatic hydroxyl groups is 1. The van der Waals surface area contributed by atoms with E-state index >= 15 is 0 Å². The summed E-state index contributed by atoms with van der Waals surface area (Å²) < 4.78 is 16.4. The van der Waals surface area contributed by atoms with Gasteiger partial charge in [0.25, 0.3) is 0 Å². The van der Waals surface area contributed by atoms with Gasteiger partial charge < -0.3 is 35.3 Å². The molecule has 1 heterocycles. The topological polar surface area (TPSA) is 135 Å². The quantitative estimate of drug-likeness (QED) is 0.119. The Hall–Kier alpha value is -3.34. The maximum absolute atomic E-state index is 13.0. The van der Waals surface area contributed by atoms with Crippen molar-refractivity contribution in [3.8, 4) is 0 Å². The van der Waals surface area contributed by atoms with Gasteiger partial charge in [0.05, 0.1) is 13.2 Å². The average Bonchev–Trinajstić information content (AvgIpc) is 3.14. The zero-order chi connectivity index (χ0) is 34.9. The van der Waals surface area contributed by atoms with Gasteiger partial charge in [0, 0.05) is 35.9 Å². The molecule has 0 aromatic heterocycles. The van der Waals surface area contributed by atoms with Crippen LogP contribution in [0.3, 0.4) is 0 Å². The van der Waals surface area contributed by atoms with Crippen LogP contribution in [-0.4, -0.2) is 60.7 Å². The number of aliphatic hydroxyl groups excluding tert-OH is 1. The summed E-state index contributed by atoms with van der Waals surface area (Å²) in [5, 5.41) is 19.0. The Morgan fingerprint density at radius 1 is 1.11 bits per heavy atom. The molecule has 46 heavy (non-hydrogen) atoms. The molecule has 1 aliphatic heterocycles. The second-order valence-corrected chi connectivity index (χ2v) is 13.3. The molecule has 0 fully saturated rings. The number of hydrogen-bond acceptors (Lipinski definition) is 7. The van der Waals surface area contributed by atoms with E-state index in [1.54, 1.807) is 31.2 Å². The Kier molecular flexibility index (Phi) is 18.3. The Balaban J connectivity index is 2.73. The molecule has 1 rings (SSSR count). The molecule has 4 N–H and O–H groups in total. The molecule has 5 atom stereocenters. The molecule has 10 nitrogen and oxygen atoms in total. The SMILES string of the molecule is COC1=CCC[C@@H]([C@@H](C)/C=C(C)/C=C\C=C/C(=O)N[C@H](C(=O)N/C=C\C[C@H](C/C=C(\C)Cl)OC(=O)NC(C)C)C(C)(C)C)O[C@H]1O. The van der Waals surface area contributed by atoms with Crippen LogP contribution in [0.4, 0.5) is 4.79 Å². The first kappa shape index (κ1) is 40.7. The van der Waals surface area contributed by atoms with E-state index in [9.17, 15) is 19.5 Å². The van der Waals surface area contributed by atoms with Gasteiger partial charge in [-0.05, 0) is 58.2 Å². The van der Waals surface area contributed by atoms with E-state index in [1.165, 1.54) is 19.4 Å². The number of alkyl carbamates (subject to hydrolysis) is 1. The first-order valence-electron chi connectivity index (χ1n) is 15.7. The third-order valence-electron chi connectivity index (χ3n) is 6.91. The number of methoxy groups -OCH3 is 1. The van der Waals surface area contributed by atoms with E-state index in [0.717, 1.165) is 18.4 Å². The van der Waals surface area contributed by atoms with Crippen molar-refractivity contribution in [1.82, 2.24) is 16.0 Å². The lowest BCUT2D eigenvalue weighted by molar-refractivity contribution is -0.139. The maximum Gasteiger partial charge on any atom is 0.407 e. The van der Waals surface area contributed by atoms with E-state index in [-0.39, 0.29) is 24.0 Å². The summed E-state index contributed by atoms with van der Waals surface area (Å²) in [6.45, 7) is 15.0. The number of hydrogen-bond donors (Lipinski definition) is 4. The number of rotatable bonds is 15. The van der Waals surface area contributed by atoms with Crippen molar-refractivity contribution >= 4 is 29.5 Å². The number of carbonyl (C=O) groups excluding carboxylic acids is 3. The van der Waals surface area contributed by atoms with Crippen LogP contribution in [0.15, 0.2) is 71.2 Å². The minimum absolute atomic E-state index is 0.0470. The standard InChI is InChI=1S/C35H54ClN3O7/c1-23(2)38-34(43)45-27(20-19-26(5)36)15-13-21-37-32(41)31(35(6,7)8)39-30(40)18-11-10-14-24(3)22-25(4)28-16-12-17-29(44-9)33(42)46-28/h10-11,13-14,17-19,21-23,25,27-28,31,33,42H,12,15-16,20H2,1-9H3,(H,37,41)(H,38,43)(H,39,40)/b14-10-,18-11-,21-13-,24-22+,26-19+/t25-,27+,28-,31+,33+/m0/s1. The van der Waals surface area contributed by atoms with Crippen molar-refractivity contribution in [1.29, 1.82) is 0 Å². The Morgan fingerprint density at radius 2 is 1.78 bits per heavy atom. The van der Waals surface area contributed by atoms with E-state index in [0.29, 0.717) is 23.6 Å². The van der Waals surface area contributed by atoms with Gasteiger partial charge in [-0.1, -0.05) is 81.3 Å². The van der Waals surface area contributed by atoms with Crippen molar-refractivity contribution in [2.45, 2.75) is 112 Å². The fourth-order valence-electron chi connectivity index (χ4n) is 4.51. The van der Waals surface area contributed by atoms with E-state index < -0.39 is 35.9 Å². The summed E-state index contributed by atoms with van der Waals surface area (Å²) >= 11 is 5.95. The molecular formula is C35H54ClN3O7. The van der Waals surface area contributed by atoms with E-state index in [1.807, 2.05) is 60.6 Å². The monoisotopic (exact) mass is 663 g/mol. The molecule has 11 heteroatoms. The number of ether oxygens (including phenoxy) is 3. The van der Waals surface area contributed by atoms with Gasteiger partial charge in [-0.3, -0.25) is 9.59 Å². The highest BCUT2D eigenvalue weighted by Crippen LogP contribution is 2.24. The fourth-order valence-corrected chi connectivity index (χ4v) is 4.60. The van der Waals surface area contributed by atoms with Gasteiger partial charge in [0.2, 0.25) is 18.1 Å². The van der Waals surface area contributed by atoms with Crippen LogP contribution in [0.25, 0.3) is 0 Å². The summed E-state index contributed by atoms with van der Waals surface area (Å²) in [5.41, 5.74) is 0.406. The largest absolute Gasteiger partial charge is 0.496 e. The van der Waals surface area contributed by atoms with Gasteiger partial charge in [0.1, 0.15) is 17.9 Å². The molecule has 0 aliphatic carbocycles. The highest BCUT2D eigenvalue weighted by molar-refractivity contribution is 6.29. The summed E-state index contributed by atoms with van der Waals surface area (Å²) in [4.78, 5) is 37.8. The number of halogens is 1. The van der Waals surface area contributed by atoms with E-state index in [4.69, 9.17) is 25.8 Å². The lowest BCUT2D eigenvalue weighted by Gasteiger charge is -2.29. The third kappa shape index (κ3) is 16.8. The predicted molar refractivity (Wildman–Crippen MR) is 182 cm³/mol. The number of allylic oxidation sites excluding steroid dienone is 6. The second-order valence-electron chi connectivity index (χ2n) is 12.7. The molecule has 0 aromatic carbocycles. The Morgan fingerprint density at radius 3 is 2.39 bits per heavy atom. The molecule has 0 aromatic rings. The Bertz CT molecular complexity index is 1180. The van der Waals surface area contributed by atoms with Crippen LogP contribution in [0.1, 0.15) is 81.1 Å². The van der Waals surface area contributed by atoms with Crippen molar-refractivity contribution in [3.05, 3.63) is 71.2 Å². The van der Waals surface area contributed by atoms with Crippen molar-refractivity contribution in [2.75, 3.05) is 7.11 Å². The summed E-state index contributed by atoms with van der Waals surface area (Å²) in [7, 11) is 1.51. The molecule has 0 saturated carbocycles.